The molecule has 0 unspecified atom stereocenters. The molecule has 0 saturated carbocycles. The molecule has 1 N–H and O–H groups in total. The van der Waals surface area contributed by atoms with Crippen LogP contribution < -0.4 is 10.4 Å². The number of imidazole rings is 1. The van der Waals surface area contributed by atoms with Crippen LogP contribution in [-0.2, 0) is 11.4 Å². The molecule has 1 aliphatic heterocycles. The van der Waals surface area contributed by atoms with Crippen LogP contribution in [0.3, 0.4) is 0 Å². The van der Waals surface area contributed by atoms with Crippen LogP contribution in [0.15, 0.2) is 36.4 Å². The number of allylic oxidation sites excluding steroid dienone is 1. The highest BCUT2D eigenvalue weighted by molar-refractivity contribution is 6.36. The third-order valence-electron chi connectivity index (χ3n) is 4.82. The monoisotopic (exact) mass is 436 g/mol. The lowest BCUT2D eigenvalue weighted by atomic mass is 10.1. The van der Waals surface area contributed by atoms with Gasteiger partial charge < -0.3 is 9.47 Å². The number of aryl methyl sites for hydroxylation is 1. The molecular weight excluding hydrogens is 419 g/mol. The first-order chi connectivity index (χ1) is 13.5. The Kier molecular flexibility index (Phi) is 5.43. The molecule has 4 rings (SSSR count). The molecule has 0 radical (unpaired) electrons. The van der Waals surface area contributed by atoms with Crippen LogP contribution in [0.25, 0.3) is 16.7 Å². The standard InChI is InChI=1S/C20H19Cl3N4O/c1-3-16(25-28-2)13-6-7-14(22)18-19(13)27-10-4-9-26(20(27)24-18)17-8-5-12(21)11-15(17)23/h3,5-8,11,25H,4,9-10H2,1-2H3. The summed E-state index contributed by atoms with van der Waals surface area (Å²) in [7, 11) is 1.59. The van der Waals surface area contributed by atoms with E-state index in [1.54, 1.807) is 13.2 Å². The summed E-state index contributed by atoms with van der Waals surface area (Å²) in [5, 5.41) is 1.80. The average molecular weight is 438 g/mol. The van der Waals surface area contributed by atoms with Gasteiger partial charge in [-0.15, -0.1) is 0 Å². The number of rotatable bonds is 4. The van der Waals surface area contributed by atoms with Gasteiger partial charge in [0.2, 0.25) is 5.95 Å². The first kappa shape index (κ1) is 19.4. The van der Waals surface area contributed by atoms with Crippen molar-refractivity contribution in [1.82, 2.24) is 15.0 Å². The van der Waals surface area contributed by atoms with E-state index in [9.17, 15) is 0 Å². The van der Waals surface area contributed by atoms with E-state index in [0.717, 1.165) is 53.4 Å². The maximum Gasteiger partial charge on any atom is 0.211 e. The van der Waals surface area contributed by atoms with Gasteiger partial charge in [0.25, 0.3) is 0 Å². The second-order valence-electron chi connectivity index (χ2n) is 6.47. The van der Waals surface area contributed by atoms with Gasteiger partial charge in [0.1, 0.15) is 5.52 Å². The number of hydrogen-bond donors (Lipinski definition) is 1. The molecular formula is C20H19Cl3N4O. The summed E-state index contributed by atoms with van der Waals surface area (Å²) in [6.45, 7) is 3.60. The lowest BCUT2D eigenvalue weighted by Gasteiger charge is -2.30. The van der Waals surface area contributed by atoms with Gasteiger partial charge in [0.15, 0.2) is 0 Å². The Balaban J connectivity index is 1.94. The van der Waals surface area contributed by atoms with Gasteiger partial charge in [-0.2, -0.15) is 0 Å². The van der Waals surface area contributed by atoms with E-state index in [-0.39, 0.29) is 0 Å². The van der Waals surface area contributed by atoms with Crippen molar-refractivity contribution in [3.63, 3.8) is 0 Å². The number of nitrogens with one attached hydrogen (secondary N) is 1. The summed E-state index contributed by atoms with van der Waals surface area (Å²) in [6, 6.07) is 9.35. The molecule has 5 nitrogen and oxygen atoms in total. The fourth-order valence-corrected chi connectivity index (χ4v) is 4.33. The second-order valence-corrected chi connectivity index (χ2v) is 7.72. The van der Waals surface area contributed by atoms with Gasteiger partial charge >= 0.3 is 0 Å². The first-order valence-corrected chi connectivity index (χ1v) is 10.1. The van der Waals surface area contributed by atoms with Gasteiger partial charge in [-0.25, -0.2) is 4.98 Å². The molecule has 2 aromatic carbocycles. The zero-order chi connectivity index (χ0) is 19.8. The largest absolute Gasteiger partial charge is 0.310 e. The van der Waals surface area contributed by atoms with Crippen LogP contribution in [-0.4, -0.2) is 23.2 Å². The van der Waals surface area contributed by atoms with E-state index in [0.29, 0.717) is 15.1 Å². The molecule has 0 atom stereocenters. The lowest BCUT2D eigenvalue weighted by Crippen LogP contribution is -2.28. The molecule has 1 aromatic heterocycles. The van der Waals surface area contributed by atoms with Crippen molar-refractivity contribution < 1.29 is 4.84 Å². The number of hydroxylamine groups is 1. The fraction of sp³-hybridized carbons (Fsp3) is 0.250. The molecule has 146 valence electrons. The van der Waals surface area contributed by atoms with E-state index >= 15 is 0 Å². The summed E-state index contributed by atoms with van der Waals surface area (Å²) < 4.78 is 2.19. The smallest absolute Gasteiger partial charge is 0.211 e. The predicted octanol–water partition coefficient (Wildman–Crippen LogP) is 6.05. The molecule has 0 bridgehead atoms. The lowest BCUT2D eigenvalue weighted by molar-refractivity contribution is 0.136. The Morgan fingerprint density at radius 1 is 1.14 bits per heavy atom. The van der Waals surface area contributed by atoms with Crippen molar-refractivity contribution in [2.75, 3.05) is 18.6 Å². The van der Waals surface area contributed by atoms with Crippen molar-refractivity contribution in [1.29, 1.82) is 0 Å². The molecule has 0 spiro atoms. The summed E-state index contributed by atoms with van der Waals surface area (Å²) in [5.74, 6) is 0.813. The van der Waals surface area contributed by atoms with Crippen LogP contribution in [0.2, 0.25) is 15.1 Å². The van der Waals surface area contributed by atoms with E-state index in [4.69, 9.17) is 44.6 Å². The Bertz CT molecular complexity index is 1080. The van der Waals surface area contributed by atoms with Crippen LogP contribution in [0.4, 0.5) is 11.6 Å². The molecule has 0 aliphatic carbocycles. The van der Waals surface area contributed by atoms with Crippen LogP contribution in [0.5, 0.6) is 0 Å². The number of benzene rings is 2. The quantitative estimate of drug-likeness (QED) is 0.504. The minimum atomic E-state index is 0.592. The van der Waals surface area contributed by atoms with Crippen molar-refractivity contribution in [2.24, 2.45) is 0 Å². The molecule has 3 aromatic rings. The van der Waals surface area contributed by atoms with Crippen LogP contribution in [0, 0.1) is 0 Å². The minimum absolute atomic E-state index is 0.592. The third-order valence-corrected chi connectivity index (χ3v) is 5.66. The normalized spacial score (nSPS) is 14.5. The molecule has 1 aliphatic rings. The van der Waals surface area contributed by atoms with Crippen molar-refractivity contribution in [2.45, 2.75) is 19.9 Å². The summed E-state index contributed by atoms with van der Waals surface area (Å²) in [6.07, 6.45) is 2.91. The maximum absolute atomic E-state index is 6.51. The van der Waals surface area contributed by atoms with Gasteiger partial charge in [-0.3, -0.25) is 10.3 Å². The van der Waals surface area contributed by atoms with E-state index in [1.165, 1.54) is 0 Å². The first-order valence-electron chi connectivity index (χ1n) is 8.92. The Labute approximate surface area is 178 Å². The van der Waals surface area contributed by atoms with Gasteiger partial charge in [-0.05, 0) is 43.7 Å². The van der Waals surface area contributed by atoms with Crippen molar-refractivity contribution in [3.8, 4) is 0 Å². The second kappa shape index (κ2) is 7.84. The molecule has 0 amide bonds. The van der Waals surface area contributed by atoms with E-state index in [2.05, 4.69) is 14.9 Å². The summed E-state index contributed by atoms with van der Waals surface area (Å²) in [5.41, 5.74) is 7.37. The highest BCUT2D eigenvalue weighted by Crippen LogP contribution is 2.40. The molecule has 28 heavy (non-hydrogen) atoms. The summed E-state index contributed by atoms with van der Waals surface area (Å²) >= 11 is 19.1. The molecule has 0 fully saturated rings. The number of anilines is 2. The van der Waals surface area contributed by atoms with Gasteiger partial charge in [-0.1, -0.05) is 40.9 Å². The topological polar surface area (TPSA) is 42.3 Å². The van der Waals surface area contributed by atoms with E-state index < -0.39 is 0 Å². The molecule has 0 saturated heterocycles. The number of hydrogen-bond acceptors (Lipinski definition) is 4. The Morgan fingerprint density at radius 2 is 1.96 bits per heavy atom. The van der Waals surface area contributed by atoms with Gasteiger partial charge in [0, 0.05) is 23.7 Å². The van der Waals surface area contributed by atoms with Crippen LogP contribution >= 0.6 is 34.8 Å². The summed E-state index contributed by atoms with van der Waals surface area (Å²) in [4.78, 5) is 12.1. The Morgan fingerprint density at radius 3 is 2.68 bits per heavy atom. The molecule has 2 heterocycles. The average Bonchev–Trinajstić information content (AvgIpc) is 3.08. The number of aromatic nitrogens is 2. The van der Waals surface area contributed by atoms with E-state index in [1.807, 2.05) is 37.3 Å². The number of fused-ring (bicyclic) bond motifs is 3. The SMILES string of the molecule is CC=C(NOC)c1ccc(Cl)c2nc3n(c12)CCCN3c1ccc(Cl)cc1Cl. The maximum atomic E-state index is 6.51. The predicted molar refractivity (Wildman–Crippen MR) is 117 cm³/mol. The van der Waals surface area contributed by atoms with Crippen LogP contribution in [0.1, 0.15) is 18.9 Å². The fourth-order valence-electron chi connectivity index (χ4n) is 3.62. The van der Waals surface area contributed by atoms with Gasteiger partial charge in [0.05, 0.1) is 34.1 Å². The molecule has 8 heteroatoms. The minimum Gasteiger partial charge on any atom is -0.310 e. The highest BCUT2D eigenvalue weighted by Gasteiger charge is 2.27. The van der Waals surface area contributed by atoms with Crippen molar-refractivity contribution in [3.05, 3.63) is 57.0 Å². The zero-order valence-corrected chi connectivity index (χ0v) is 17.7. The number of nitrogens with zero attached hydrogens (tertiary/aromatic N) is 3. The number of halogens is 3. The third kappa shape index (κ3) is 3.22. The zero-order valence-electron chi connectivity index (χ0n) is 15.5. The highest BCUT2D eigenvalue weighted by atomic mass is 35.5. The Hall–Kier alpha value is -1.92. The van der Waals surface area contributed by atoms with Crippen molar-refractivity contribution >= 4 is 63.2 Å².